The summed E-state index contributed by atoms with van der Waals surface area (Å²) in [6.07, 6.45) is 1.74. The SMILES string of the molecule is Oc1[nH]cc2c(-c3ccc4c(c3)OCO4)c3c4c(ccc3nc12)OCO4. The van der Waals surface area contributed by atoms with Gasteiger partial charge in [-0.25, -0.2) is 4.98 Å². The minimum atomic E-state index is 0.0292. The van der Waals surface area contributed by atoms with Crippen molar-refractivity contribution in [2.75, 3.05) is 13.6 Å². The van der Waals surface area contributed by atoms with Gasteiger partial charge in [0.2, 0.25) is 19.5 Å². The number of hydrogen-bond donors (Lipinski definition) is 2. The number of H-pyrrole nitrogens is 1. The fourth-order valence-corrected chi connectivity index (χ4v) is 3.61. The molecule has 2 N–H and O–H groups in total. The van der Waals surface area contributed by atoms with Crippen molar-refractivity contribution in [1.29, 1.82) is 0 Å². The quantitative estimate of drug-likeness (QED) is 0.547. The molecule has 0 spiro atoms. The maximum atomic E-state index is 10.2. The number of hydrogen-bond acceptors (Lipinski definition) is 6. The Morgan fingerprint density at radius 1 is 0.923 bits per heavy atom. The van der Waals surface area contributed by atoms with Gasteiger partial charge in [0.05, 0.1) is 10.9 Å². The number of nitrogens with zero attached hydrogens (tertiary/aromatic N) is 1. The standard InChI is InChI=1S/C19H12N2O5/c22-19-17-10(6-20-19)15(9-1-3-12-14(5-9)25-7-23-12)16-11(21-17)2-4-13-18(16)26-8-24-13/h1-6,20,22H,7-8H2. The van der Waals surface area contributed by atoms with Crippen LogP contribution < -0.4 is 18.9 Å². The van der Waals surface area contributed by atoms with Crippen LogP contribution in [0.15, 0.2) is 36.5 Å². The molecule has 7 nitrogen and oxygen atoms in total. The number of pyridine rings is 1. The van der Waals surface area contributed by atoms with Crippen molar-refractivity contribution in [2.45, 2.75) is 0 Å². The van der Waals surface area contributed by atoms with Gasteiger partial charge in [-0.1, -0.05) is 6.07 Å². The Bertz CT molecular complexity index is 1210. The largest absolute Gasteiger partial charge is 0.493 e. The van der Waals surface area contributed by atoms with Crippen LogP contribution in [0.5, 0.6) is 28.9 Å². The van der Waals surface area contributed by atoms with Crippen LogP contribution in [0.25, 0.3) is 32.9 Å². The molecule has 7 heteroatoms. The van der Waals surface area contributed by atoms with E-state index < -0.39 is 0 Å². The smallest absolute Gasteiger partial charge is 0.231 e. The lowest BCUT2D eigenvalue weighted by molar-refractivity contribution is 0.174. The van der Waals surface area contributed by atoms with Gasteiger partial charge in [0, 0.05) is 17.1 Å². The molecule has 2 aliphatic heterocycles. The zero-order valence-corrected chi connectivity index (χ0v) is 13.4. The third-order valence-corrected chi connectivity index (χ3v) is 4.76. The Balaban J connectivity index is 1.78. The summed E-state index contributed by atoms with van der Waals surface area (Å²) < 4.78 is 22.2. The number of ether oxygens (including phenoxy) is 4. The highest BCUT2D eigenvalue weighted by Crippen LogP contribution is 2.48. The van der Waals surface area contributed by atoms with E-state index in [2.05, 4.69) is 9.97 Å². The Hall–Kier alpha value is -3.61. The predicted molar refractivity (Wildman–Crippen MR) is 92.9 cm³/mol. The lowest BCUT2D eigenvalue weighted by Crippen LogP contribution is -1.94. The van der Waals surface area contributed by atoms with Crippen molar-refractivity contribution >= 4 is 21.8 Å². The minimum Gasteiger partial charge on any atom is -0.493 e. The summed E-state index contributed by atoms with van der Waals surface area (Å²) in [7, 11) is 0. The number of rotatable bonds is 1. The van der Waals surface area contributed by atoms with Crippen molar-refractivity contribution in [1.82, 2.24) is 9.97 Å². The highest BCUT2D eigenvalue weighted by atomic mass is 16.7. The van der Waals surface area contributed by atoms with Gasteiger partial charge in [-0.05, 0) is 29.8 Å². The van der Waals surface area contributed by atoms with Crippen LogP contribution in [0.4, 0.5) is 0 Å². The molecule has 0 atom stereocenters. The van der Waals surface area contributed by atoms with Crippen LogP contribution >= 0.6 is 0 Å². The van der Waals surface area contributed by atoms with E-state index in [9.17, 15) is 5.11 Å². The van der Waals surface area contributed by atoms with Gasteiger partial charge in [-0.2, -0.15) is 0 Å². The summed E-state index contributed by atoms with van der Waals surface area (Å²) in [5.74, 6) is 2.77. The fourth-order valence-electron chi connectivity index (χ4n) is 3.61. The van der Waals surface area contributed by atoms with Crippen molar-refractivity contribution in [3.8, 4) is 40.0 Å². The maximum Gasteiger partial charge on any atom is 0.231 e. The summed E-state index contributed by atoms with van der Waals surface area (Å²) in [6.45, 7) is 0.383. The van der Waals surface area contributed by atoms with E-state index >= 15 is 0 Å². The highest BCUT2D eigenvalue weighted by Gasteiger charge is 2.25. The lowest BCUT2D eigenvalue weighted by atomic mass is 9.96. The average Bonchev–Trinajstić information content (AvgIpc) is 3.39. The molecule has 0 bridgehead atoms. The number of aromatic amines is 1. The van der Waals surface area contributed by atoms with Crippen molar-refractivity contribution < 1.29 is 24.1 Å². The second-order valence-corrected chi connectivity index (χ2v) is 6.15. The van der Waals surface area contributed by atoms with E-state index in [1.807, 2.05) is 30.3 Å². The van der Waals surface area contributed by atoms with E-state index in [0.717, 1.165) is 21.9 Å². The fraction of sp³-hybridized carbons (Fsp3) is 0.105. The Morgan fingerprint density at radius 3 is 2.69 bits per heavy atom. The molecule has 0 saturated carbocycles. The molecule has 128 valence electrons. The third-order valence-electron chi connectivity index (χ3n) is 4.76. The van der Waals surface area contributed by atoms with Gasteiger partial charge in [0.25, 0.3) is 0 Å². The first-order chi connectivity index (χ1) is 12.8. The first kappa shape index (κ1) is 13.7. The van der Waals surface area contributed by atoms with Crippen LogP contribution in [0.2, 0.25) is 0 Å². The van der Waals surface area contributed by atoms with E-state index in [1.54, 1.807) is 6.20 Å². The van der Waals surface area contributed by atoms with E-state index in [-0.39, 0.29) is 19.5 Å². The third kappa shape index (κ3) is 1.69. The zero-order valence-electron chi connectivity index (χ0n) is 13.4. The first-order valence-corrected chi connectivity index (χ1v) is 8.12. The normalized spacial score (nSPS) is 14.5. The number of nitrogens with one attached hydrogen (secondary N) is 1. The lowest BCUT2D eigenvalue weighted by Gasteiger charge is -2.11. The molecule has 2 aromatic heterocycles. The molecule has 2 aromatic carbocycles. The molecule has 0 radical (unpaired) electrons. The summed E-state index contributed by atoms with van der Waals surface area (Å²) >= 11 is 0. The molecule has 4 heterocycles. The van der Waals surface area contributed by atoms with Crippen LogP contribution in [-0.4, -0.2) is 28.7 Å². The van der Waals surface area contributed by atoms with Gasteiger partial charge in [0.1, 0.15) is 5.52 Å². The monoisotopic (exact) mass is 348 g/mol. The average molecular weight is 348 g/mol. The molecule has 0 fully saturated rings. The molecule has 0 aliphatic carbocycles. The maximum absolute atomic E-state index is 10.2. The van der Waals surface area contributed by atoms with E-state index in [1.165, 1.54) is 0 Å². The highest BCUT2D eigenvalue weighted by molar-refractivity contribution is 6.13. The zero-order chi connectivity index (χ0) is 17.3. The molecule has 6 rings (SSSR count). The Kier molecular flexibility index (Phi) is 2.48. The summed E-state index contributed by atoms with van der Waals surface area (Å²) in [5, 5.41) is 11.8. The van der Waals surface area contributed by atoms with Crippen LogP contribution in [-0.2, 0) is 0 Å². The Morgan fingerprint density at radius 2 is 1.73 bits per heavy atom. The number of fused-ring (bicyclic) bond motifs is 5. The molecular formula is C19H12N2O5. The first-order valence-electron chi connectivity index (χ1n) is 8.12. The predicted octanol–water partition coefficient (Wildman–Crippen LogP) is 3.55. The Labute approximate surface area is 146 Å². The topological polar surface area (TPSA) is 85.8 Å². The van der Waals surface area contributed by atoms with Gasteiger partial charge >= 0.3 is 0 Å². The molecule has 2 aliphatic rings. The van der Waals surface area contributed by atoms with Crippen molar-refractivity contribution in [2.24, 2.45) is 0 Å². The van der Waals surface area contributed by atoms with Crippen molar-refractivity contribution in [3.05, 3.63) is 36.5 Å². The van der Waals surface area contributed by atoms with Crippen LogP contribution in [0.3, 0.4) is 0 Å². The van der Waals surface area contributed by atoms with Crippen LogP contribution in [0, 0.1) is 0 Å². The second-order valence-electron chi connectivity index (χ2n) is 6.15. The molecule has 26 heavy (non-hydrogen) atoms. The van der Waals surface area contributed by atoms with Gasteiger partial charge < -0.3 is 29.0 Å². The van der Waals surface area contributed by atoms with Gasteiger partial charge in [-0.3, -0.25) is 0 Å². The van der Waals surface area contributed by atoms with Crippen molar-refractivity contribution in [3.63, 3.8) is 0 Å². The van der Waals surface area contributed by atoms with Gasteiger partial charge in [-0.15, -0.1) is 0 Å². The number of aromatic nitrogens is 2. The van der Waals surface area contributed by atoms with E-state index in [0.29, 0.717) is 34.0 Å². The van der Waals surface area contributed by atoms with Gasteiger partial charge in [0.15, 0.2) is 23.0 Å². The second kappa shape index (κ2) is 4.72. The van der Waals surface area contributed by atoms with E-state index in [4.69, 9.17) is 18.9 Å². The summed E-state index contributed by atoms with van der Waals surface area (Å²) in [5.41, 5.74) is 3.02. The molecule has 0 amide bonds. The molecular weight excluding hydrogens is 336 g/mol. The molecule has 4 aromatic rings. The number of benzene rings is 2. The summed E-state index contributed by atoms with van der Waals surface area (Å²) in [6, 6.07) is 9.46. The number of aromatic hydroxyl groups is 1. The van der Waals surface area contributed by atoms with Crippen LogP contribution in [0.1, 0.15) is 0 Å². The molecule has 0 saturated heterocycles. The minimum absolute atomic E-state index is 0.0292. The molecule has 0 unspecified atom stereocenters. The summed E-state index contributed by atoms with van der Waals surface area (Å²) in [4.78, 5) is 7.45.